The zero-order valence-corrected chi connectivity index (χ0v) is 16.5. The summed E-state index contributed by atoms with van der Waals surface area (Å²) in [7, 11) is 1.51. The molecule has 0 aliphatic carbocycles. The van der Waals surface area contributed by atoms with E-state index in [0.29, 0.717) is 29.4 Å². The predicted molar refractivity (Wildman–Crippen MR) is 111 cm³/mol. The van der Waals surface area contributed by atoms with Crippen LogP contribution in [0.15, 0.2) is 78.9 Å². The third kappa shape index (κ3) is 5.75. The van der Waals surface area contributed by atoms with Crippen LogP contribution in [-0.4, -0.2) is 25.5 Å². The first-order valence-electron chi connectivity index (χ1n) is 9.28. The molecule has 7 heteroatoms. The normalized spacial score (nSPS) is 10.0. The molecule has 0 atom stereocenters. The summed E-state index contributed by atoms with van der Waals surface area (Å²) in [5, 5.41) is 0. The summed E-state index contributed by atoms with van der Waals surface area (Å²) >= 11 is 0. The van der Waals surface area contributed by atoms with Crippen LogP contribution in [0.25, 0.3) is 0 Å². The average Bonchev–Trinajstić information content (AvgIpc) is 2.80. The first-order valence-corrected chi connectivity index (χ1v) is 9.28. The van der Waals surface area contributed by atoms with Crippen LogP contribution in [-0.2, 0) is 11.4 Å². The zero-order chi connectivity index (χ0) is 21.2. The lowest BCUT2D eigenvalue weighted by molar-refractivity contribution is -0.123. The molecule has 0 saturated carbocycles. The van der Waals surface area contributed by atoms with E-state index in [1.165, 1.54) is 7.11 Å². The Bertz CT molecular complexity index is 992. The summed E-state index contributed by atoms with van der Waals surface area (Å²) in [6, 6.07) is 23.4. The Morgan fingerprint density at radius 3 is 2.10 bits per heavy atom. The van der Waals surface area contributed by atoms with Gasteiger partial charge in [-0.15, -0.1) is 0 Å². The molecule has 30 heavy (non-hydrogen) atoms. The third-order valence-corrected chi connectivity index (χ3v) is 4.11. The average molecular weight is 406 g/mol. The SMILES string of the molecule is COc1ccccc1OCC(=O)NNC(=O)c1ccccc1OCc1ccccc1. The molecular weight excluding hydrogens is 384 g/mol. The van der Waals surface area contributed by atoms with Crippen molar-refractivity contribution in [2.45, 2.75) is 6.61 Å². The molecule has 2 N–H and O–H groups in total. The summed E-state index contributed by atoms with van der Waals surface area (Å²) in [5.41, 5.74) is 5.99. The minimum atomic E-state index is -0.517. The Kier molecular flexibility index (Phi) is 7.27. The maximum Gasteiger partial charge on any atom is 0.276 e. The first-order chi connectivity index (χ1) is 14.7. The Morgan fingerprint density at radius 2 is 1.37 bits per heavy atom. The minimum absolute atomic E-state index is 0.285. The van der Waals surface area contributed by atoms with Crippen LogP contribution in [0.2, 0.25) is 0 Å². The van der Waals surface area contributed by atoms with Crippen molar-refractivity contribution < 1.29 is 23.8 Å². The van der Waals surface area contributed by atoms with Crippen molar-refractivity contribution in [2.75, 3.05) is 13.7 Å². The van der Waals surface area contributed by atoms with Crippen LogP contribution in [0.1, 0.15) is 15.9 Å². The molecule has 0 unspecified atom stereocenters. The van der Waals surface area contributed by atoms with Gasteiger partial charge in [0.05, 0.1) is 12.7 Å². The number of benzene rings is 3. The molecule has 0 bridgehead atoms. The number of rotatable bonds is 8. The number of hydrogen-bond acceptors (Lipinski definition) is 5. The second kappa shape index (κ2) is 10.5. The minimum Gasteiger partial charge on any atom is -0.493 e. The lowest BCUT2D eigenvalue weighted by Gasteiger charge is -2.13. The first kappa shape index (κ1) is 20.7. The fourth-order valence-corrected chi connectivity index (χ4v) is 2.63. The molecule has 0 aliphatic rings. The largest absolute Gasteiger partial charge is 0.493 e. The number of amides is 2. The number of nitrogens with one attached hydrogen (secondary N) is 2. The van der Waals surface area contributed by atoms with Gasteiger partial charge in [-0.05, 0) is 29.8 Å². The maximum absolute atomic E-state index is 12.5. The summed E-state index contributed by atoms with van der Waals surface area (Å²) in [5.74, 6) is 0.347. The van der Waals surface area contributed by atoms with Crippen molar-refractivity contribution >= 4 is 11.8 Å². The summed E-state index contributed by atoms with van der Waals surface area (Å²) in [4.78, 5) is 24.5. The topological polar surface area (TPSA) is 85.9 Å². The molecule has 0 aliphatic heterocycles. The highest BCUT2D eigenvalue weighted by atomic mass is 16.5. The van der Waals surface area contributed by atoms with Gasteiger partial charge in [0.25, 0.3) is 11.8 Å². The van der Waals surface area contributed by atoms with Crippen molar-refractivity contribution in [3.05, 3.63) is 90.0 Å². The number of hydrogen-bond donors (Lipinski definition) is 2. The molecule has 3 aromatic carbocycles. The molecular formula is C23H22N2O5. The maximum atomic E-state index is 12.5. The molecule has 0 aromatic heterocycles. The van der Waals surface area contributed by atoms with Gasteiger partial charge in [0.2, 0.25) is 0 Å². The van der Waals surface area contributed by atoms with E-state index in [0.717, 1.165) is 5.56 Å². The predicted octanol–water partition coefficient (Wildman–Crippen LogP) is 3.11. The fourth-order valence-electron chi connectivity index (χ4n) is 2.63. The molecule has 0 radical (unpaired) electrons. The van der Waals surface area contributed by atoms with Crippen LogP contribution >= 0.6 is 0 Å². The van der Waals surface area contributed by atoms with Gasteiger partial charge in [-0.25, -0.2) is 0 Å². The second-order valence-electron chi connectivity index (χ2n) is 6.21. The Morgan fingerprint density at radius 1 is 0.733 bits per heavy atom. The number of para-hydroxylation sites is 3. The van der Waals surface area contributed by atoms with Gasteiger partial charge < -0.3 is 14.2 Å². The fraction of sp³-hybridized carbons (Fsp3) is 0.130. The van der Waals surface area contributed by atoms with E-state index < -0.39 is 11.8 Å². The van der Waals surface area contributed by atoms with E-state index in [4.69, 9.17) is 14.2 Å². The molecule has 2 amide bonds. The lowest BCUT2D eigenvalue weighted by atomic mass is 10.2. The van der Waals surface area contributed by atoms with E-state index in [9.17, 15) is 9.59 Å². The highest BCUT2D eigenvalue weighted by Gasteiger charge is 2.14. The van der Waals surface area contributed by atoms with E-state index in [1.54, 1.807) is 48.5 Å². The molecule has 3 aromatic rings. The molecule has 7 nitrogen and oxygen atoms in total. The number of methoxy groups -OCH3 is 1. The van der Waals surface area contributed by atoms with E-state index in [-0.39, 0.29) is 6.61 Å². The molecule has 0 spiro atoms. The van der Waals surface area contributed by atoms with Gasteiger partial charge in [-0.3, -0.25) is 20.4 Å². The molecule has 0 heterocycles. The van der Waals surface area contributed by atoms with Crippen molar-refractivity contribution in [2.24, 2.45) is 0 Å². The van der Waals surface area contributed by atoms with Gasteiger partial charge >= 0.3 is 0 Å². The zero-order valence-electron chi connectivity index (χ0n) is 16.5. The number of carbonyl (C=O) groups excluding carboxylic acids is 2. The highest BCUT2D eigenvalue weighted by molar-refractivity contribution is 5.97. The van der Waals surface area contributed by atoms with E-state index >= 15 is 0 Å². The van der Waals surface area contributed by atoms with Crippen LogP contribution in [0.5, 0.6) is 17.2 Å². The van der Waals surface area contributed by atoms with Crippen LogP contribution in [0.4, 0.5) is 0 Å². The Hall–Kier alpha value is -4.00. The number of hydrazine groups is 1. The van der Waals surface area contributed by atoms with Crippen molar-refractivity contribution in [1.82, 2.24) is 10.9 Å². The Balaban J connectivity index is 1.52. The number of ether oxygens (including phenoxy) is 3. The van der Waals surface area contributed by atoms with Crippen molar-refractivity contribution in [3.8, 4) is 17.2 Å². The van der Waals surface area contributed by atoms with Gasteiger partial charge in [-0.1, -0.05) is 54.6 Å². The quantitative estimate of drug-likeness (QED) is 0.562. The van der Waals surface area contributed by atoms with E-state index in [1.807, 2.05) is 30.3 Å². The standard InChI is InChI=1S/C23H22N2O5/c1-28-20-13-7-8-14-21(20)30-16-22(26)24-25-23(27)18-11-5-6-12-19(18)29-15-17-9-3-2-4-10-17/h2-14H,15-16H2,1H3,(H,24,26)(H,25,27). The molecule has 0 saturated heterocycles. The molecule has 154 valence electrons. The smallest absolute Gasteiger partial charge is 0.276 e. The molecule has 0 fully saturated rings. The van der Waals surface area contributed by atoms with Gasteiger partial charge in [0, 0.05) is 0 Å². The third-order valence-electron chi connectivity index (χ3n) is 4.11. The monoisotopic (exact) mass is 406 g/mol. The van der Waals surface area contributed by atoms with Gasteiger partial charge in [-0.2, -0.15) is 0 Å². The van der Waals surface area contributed by atoms with Crippen molar-refractivity contribution in [3.63, 3.8) is 0 Å². The second-order valence-corrected chi connectivity index (χ2v) is 6.21. The highest BCUT2D eigenvalue weighted by Crippen LogP contribution is 2.25. The van der Waals surface area contributed by atoms with Crippen molar-refractivity contribution in [1.29, 1.82) is 0 Å². The lowest BCUT2D eigenvalue weighted by Crippen LogP contribution is -2.43. The Labute approximate surface area is 174 Å². The number of carbonyl (C=O) groups is 2. The van der Waals surface area contributed by atoms with Crippen LogP contribution < -0.4 is 25.1 Å². The van der Waals surface area contributed by atoms with Crippen LogP contribution in [0, 0.1) is 0 Å². The van der Waals surface area contributed by atoms with Gasteiger partial charge in [0.15, 0.2) is 18.1 Å². The molecule has 3 rings (SSSR count). The summed E-state index contributed by atoms with van der Waals surface area (Å²) < 4.78 is 16.4. The van der Waals surface area contributed by atoms with Gasteiger partial charge in [0.1, 0.15) is 12.4 Å². The summed E-state index contributed by atoms with van der Waals surface area (Å²) in [6.45, 7) is 0.0387. The van der Waals surface area contributed by atoms with Crippen LogP contribution in [0.3, 0.4) is 0 Å². The summed E-state index contributed by atoms with van der Waals surface area (Å²) in [6.07, 6.45) is 0. The van der Waals surface area contributed by atoms with E-state index in [2.05, 4.69) is 10.9 Å².